The maximum absolute atomic E-state index is 12.5. The number of anilines is 1. The van der Waals surface area contributed by atoms with Gasteiger partial charge < -0.3 is 10.0 Å². The zero-order valence-electron chi connectivity index (χ0n) is 10.7. The number of hydrogen-bond donors (Lipinski definition) is 1. The van der Waals surface area contributed by atoms with Gasteiger partial charge >= 0.3 is 12.1 Å². The Labute approximate surface area is 108 Å². The summed E-state index contributed by atoms with van der Waals surface area (Å²) in [7, 11) is 0. The van der Waals surface area contributed by atoms with Gasteiger partial charge in [0, 0.05) is 6.54 Å². The van der Waals surface area contributed by atoms with Crippen LogP contribution in [0.4, 0.5) is 19.0 Å². The van der Waals surface area contributed by atoms with Crippen molar-refractivity contribution < 1.29 is 23.1 Å². The summed E-state index contributed by atoms with van der Waals surface area (Å²) in [4.78, 5) is 12.1. The van der Waals surface area contributed by atoms with Crippen molar-refractivity contribution in [2.45, 2.75) is 26.9 Å². The first-order valence-corrected chi connectivity index (χ1v) is 5.56. The second-order valence-electron chi connectivity index (χ2n) is 4.04. The van der Waals surface area contributed by atoms with Gasteiger partial charge in [0.15, 0.2) is 5.82 Å². The Kier molecular flexibility index (Phi) is 4.33. The Bertz CT molecular complexity index is 489. The number of alkyl halides is 3. The number of nitrogens with zero attached hydrogens (tertiary/aromatic N) is 3. The fraction of sp³-hybridized carbons (Fsp3) is 0.545. The average molecular weight is 277 g/mol. The molecule has 1 heterocycles. The molecule has 5 nitrogen and oxygen atoms in total. The van der Waals surface area contributed by atoms with Crippen LogP contribution in [0.3, 0.4) is 0 Å². The van der Waals surface area contributed by atoms with E-state index in [0.29, 0.717) is 11.3 Å². The van der Waals surface area contributed by atoms with Crippen LogP contribution in [0.15, 0.2) is 0 Å². The molecule has 0 unspecified atom stereocenters. The lowest BCUT2D eigenvalue weighted by Gasteiger charge is -2.24. The largest absolute Gasteiger partial charge is 0.478 e. The van der Waals surface area contributed by atoms with Crippen LogP contribution in [0.25, 0.3) is 0 Å². The van der Waals surface area contributed by atoms with Crippen LogP contribution in [-0.4, -0.2) is 40.5 Å². The van der Waals surface area contributed by atoms with Crippen LogP contribution in [0.1, 0.15) is 28.5 Å². The first-order chi connectivity index (χ1) is 8.67. The van der Waals surface area contributed by atoms with Gasteiger partial charge in [0.2, 0.25) is 0 Å². The number of hydrogen-bond acceptors (Lipinski definition) is 4. The Morgan fingerprint density at radius 3 is 2.32 bits per heavy atom. The highest BCUT2D eigenvalue weighted by Gasteiger charge is 2.33. The van der Waals surface area contributed by atoms with E-state index < -0.39 is 18.7 Å². The zero-order chi connectivity index (χ0) is 14.8. The second kappa shape index (κ2) is 5.41. The molecule has 0 atom stereocenters. The molecule has 106 valence electrons. The molecule has 0 aromatic carbocycles. The molecule has 0 saturated carbocycles. The minimum Gasteiger partial charge on any atom is -0.478 e. The molecule has 0 fully saturated rings. The Morgan fingerprint density at radius 2 is 1.89 bits per heavy atom. The summed E-state index contributed by atoms with van der Waals surface area (Å²) >= 11 is 0. The minimum absolute atomic E-state index is 0.0169. The minimum atomic E-state index is -4.44. The highest BCUT2D eigenvalue weighted by molar-refractivity contribution is 5.95. The van der Waals surface area contributed by atoms with Crippen molar-refractivity contribution in [2.24, 2.45) is 0 Å². The molecule has 0 spiro atoms. The van der Waals surface area contributed by atoms with Gasteiger partial charge in [-0.25, -0.2) is 4.79 Å². The predicted octanol–water partition coefficient (Wildman–Crippen LogP) is 2.18. The summed E-state index contributed by atoms with van der Waals surface area (Å²) in [6, 6.07) is 0. The average Bonchev–Trinajstić information content (AvgIpc) is 2.27. The quantitative estimate of drug-likeness (QED) is 0.913. The van der Waals surface area contributed by atoms with Crippen LogP contribution < -0.4 is 4.90 Å². The van der Waals surface area contributed by atoms with E-state index in [1.807, 2.05) is 0 Å². The van der Waals surface area contributed by atoms with Crippen LogP contribution in [0.2, 0.25) is 0 Å². The van der Waals surface area contributed by atoms with E-state index in [1.165, 1.54) is 13.8 Å². The van der Waals surface area contributed by atoms with Crippen LogP contribution in [0, 0.1) is 13.8 Å². The van der Waals surface area contributed by atoms with Crippen molar-refractivity contribution in [1.82, 2.24) is 10.2 Å². The number of aromatic carboxylic acids is 1. The van der Waals surface area contributed by atoms with Crippen LogP contribution in [0.5, 0.6) is 0 Å². The van der Waals surface area contributed by atoms with E-state index >= 15 is 0 Å². The van der Waals surface area contributed by atoms with Crippen molar-refractivity contribution in [3.05, 3.63) is 16.8 Å². The molecule has 1 rings (SSSR count). The first-order valence-electron chi connectivity index (χ1n) is 5.56. The Balaban J connectivity index is 3.32. The third-order valence-corrected chi connectivity index (χ3v) is 2.70. The molecule has 0 aliphatic carbocycles. The van der Waals surface area contributed by atoms with Crippen molar-refractivity contribution in [2.75, 3.05) is 18.0 Å². The molecule has 0 bridgehead atoms. The van der Waals surface area contributed by atoms with E-state index in [-0.39, 0.29) is 17.9 Å². The Morgan fingerprint density at radius 1 is 1.32 bits per heavy atom. The van der Waals surface area contributed by atoms with Gasteiger partial charge in [-0.05, 0) is 26.3 Å². The molecule has 0 saturated heterocycles. The molecule has 0 radical (unpaired) electrons. The SMILES string of the molecule is CCN(CC(F)(F)F)c1nnc(C)c(C)c1C(=O)O. The van der Waals surface area contributed by atoms with Gasteiger partial charge in [0.25, 0.3) is 0 Å². The summed E-state index contributed by atoms with van der Waals surface area (Å²) < 4.78 is 37.4. The molecule has 0 aliphatic rings. The maximum Gasteiger partial charge on any atom is 0.405 e. The van der Waals surface area contributed by atoms with Gasteiger partial charge in [-0.15, -0.1) is 5.10 Å². The van der Waals surface area contributed by atoms with E-state index in [9.17, 15) is 18.0 Å². The van der Waals surface area contributed by atoms with Crippen molar-refractivity contribution in [1.29, 1.82) is 0 Å². The van der Waals surface area contributed by atoms with Gasteiger partial charge in [0.05, 0.1) is 5.69 Å². The van der Waals surface area contributed by atoms with E-state index in [4.69, 9.17) is 5.11 Å². The molecule has 0 amide bonds. The number of carboxylic acid groups (broad SMARTS) is 1. The summed E-state index contributed by atoms with van der Waals surface area (Å²) in [5, 5.41) is 16.4. The smallest absolute Gasteiger partial charge is 0.405 e. The molecule has 1 N–H and O–H groups in total. The number of carbonyl (C=O) groups is 1. The Hall–Kier alpha value is -1.86. The number of rotatable bonds is 4. The molecule has 1 aromatic rings. The third-order valence-electron chi connectivity index (χ3n) is 2.70. The number of halogens is 3. The van der Waals surface area contributed by atoms with Gasteiger partial charge in [-0.1, -0.05) is 0 Å². The zero-order valence-corrected chi connectivity index (χ0v) is 10.7. The molecular weight excluding hydrogens is 263 g/mol. The van der Waals surface area contributed by atoms with Crippen molar-refractivity contribution in [3.8, 4) is 0 Å². The van der Waals surface area contributed by atoms with Gasteiger partial charge in [-0.2, -0.15) is 18.3 Å². The topological polar surface area (TPSA) is 66.3 Å². The monoisotopic (exact) mass is 277 g/mol. The summed E-state index contributed by atoms with van der Waals surface area (Å²) in [5.74, 6) is -1.57. The maximum atomic E-state index is 12.5. The lowest BCUT2D eigenvalue weighted by atomic mass is 10.1. The van der Waals surface area contributed by atoms with Crippen molar-refractivity contribution in [3.63, 3.8) is 0 Å². The molecule has 8 heteroatoms. The molecule has 19 heavy (non-hydrogen) atoms. The highest BCUT2D eigenvalue weighted by atomic mass is 19.4. The fourth-order valence-electron chi connectivity index (χ4n) is 1.63. The van der Waals surface area contributed by atoms with E-state index in [2.05, 4.69) is 10.2 Å². The molecular formula is C11H14F3N3O2. The van der Waals surface area contributed by atoms with Crippen LogP contribution in [-0.2, 0) is 0 Å². The third kappa shape index (κ3) is 3.55. The first kappa shape index (κ1) is 15.2. The lowest BCUT2D eigenvalue weighted by molar-refractivity contribution is -0.119. The van der Waals surface area contributed by atoms with Crippen LogP contribution >= 0.6 is 0 Å². The predicted molar refractivity (Wildman–Crippen MR) is 62.4 cm³/mol. The summed E-state index contributed by atoms with van der Waals surface area (Å²) in [6.45, 7) is 3.27. The van der Waals surface area contributed by atoms with E-state index in [0.717, 1.165) is 4.90 Å². The normalized spacial score (nSPS) is 11.5. The summed E-state index contributed by atoms with van der Waals surface area (Å²) in [5.41, 5.74) is 0.459. The van der Waals surface area contributed by atoms with Crippen molar-refractivity contribution >= 4 is 11.8 Å². The summed E-state index contributed by atoms with van der Waals surface area (Å²) in [6.07, 6.45) is -4.44. The lowest BCUT2D eigenvalue weighted by Crippen LogP contribution is -2.36. The van der Waals surface area contributed by atoms with Gasteiger partial charge in [-0.3, -0.25) is 0 Å². The second-order valence-corrected chi connectivity index (χ2v) is 4.04. The number of aromatic nitrogens is 2. The number of carboxylic acids is 1. The molecule has 1 aromatic heterocycles. The fourth-order valence-corrected chi connectivity index (χ4v) is 1.63. The highest BCUT2D eigenvalue weighted by Crippen LogP contribution is 2.25. The van der Waals surface area contributed by atoms with E-state index in [1.54, 1.807) is 6.92 Å². The molecule has 0 aliphatic heterocycles. The standard InChI is InChI=1S/C11H14F3N3O2/c1-4-17(5-11(12,13)14)9-8(10(18)19)6(2)7(3)15-16-9/h4-5H2,1-3H3,(H,18,19). The number of aryl methyl sites for hydroxylation is 1. The van der Waals surface area contributed by atoms with Gasteiger partial charge in [0.1, 0.15) is 12.1 Å².